The highest BCUT2D eigenvalue weighted by Gasteiger charge is 2.31. The van der Waals surface area contributed by atoms with Crippen molar-refractivity contribution in [3.8, 4) is 0 Å². The minimum atomic E-state index is -0.0166. The summed E-state index contributed by atoms with van der Waals surface area (Å²) >= 11 is 0. The summed E-state index contributed by atoms with van der Waals surface area (Å²) in [5, 5.41) is 7.12. The van der Waals surface area contributed by atoms with Crippen LogP contribution in [0.15, 0.2) is 30.9 Å². The first-order valence-electron chi connectivity index (χ1n) is 8.40. The van der Waals surface area contributed by atoms with Crippen LogP contribution in [0.4, 0.5) is 4.79 Å². The van der Waals surface area contributed by atoms with Crippen LogP contribution in [0.5, 0.6) is 0 Å². The van der Waals surface area contributed by atoms with Crippen molar-refractivity contribution in [2.45, 2.75) is 19.5 Å². The van der Waals surface area contributed by atoms with Gasteiger partial charge in [0.2, 0.25) is 0 Å². The summed E-state index contributed by atoms with van der Waals surface area (Å²) in [6, 6.07) is 2.00. The number of carbonyl (C=O) groups excluding carboxylic acids is 1. The molecule has 0 saturated carbocycles. The first-order valence-corrected chi connectivity index (χ1v) is 8.40. The summed E-state index contributed by atoms with van der Waals surface area (Å²) in [5.74, 6) is 1.01. The van der Waals surface area contributed by atoms with Crippen molar-refractivity contribution in [1.82, 2.24) is 34.4 Å². The van der Waals surface area contributed by atoms with Gasteiger partial charge in [0.05, 0.1) is 12.6 Å². The van der Waals surface area contributed by atoms with Gasteiger partial charge < -0.3 is 14.8 Å². The van der Waals surface area contributed by atoms with Gasteiger partial charge >= 0.3 is 6.03 Å². The molecule has 24 heavy (non-hydrogen) atoms. The molecular formula is C16H25N7O. The number of nitrogens with one attached hydrogen (secondary N) is 1. The average molecular weight is 331 g/mol. The largest absolute Gasteiger partial charge is 0.337 e. The van der Waals surface area contributed by atoms with Crippen molar-refractivity contribution in [2.75, 3.05) is 32.7 Å². The van der Waals surface area contributed by atoms with Crippen LogP contribution in [0, 0.1) is 0 Å². The molecule has 130 valence electrons. The predicted octanol–water partition coefficient (Wildman–Crippen LogP) is 0.705. The fraction of sp³-hybridized carbons (Fsp3) is 0.562. The van der Waals surface area contributed by atoms with Crippen LogP contribution in [-0.4, -0.2) is 67.9 Å². The maximum Gasteiger partial charge on any atom is 0.317 e. The molecule has 2 aromatic heterocycles. The van der Waals surface area contributed by atoms with E-state index in [0.29, 0.717) is 19.6 Å². The number of hydrogen-bond donors (Lipinski definition) is 1. The third-order valence-corrected chi connectivity index (χ3v) is 4.52. The molecule has 8 heteroatoms. The summed E-state index contributed by atoms with van der Waals surface area (Å²) < 4.78 is 3.85. The van der Waals surface area contributed by atoms with Gasteiger partial charge in [-0.2, -0.15) is 5.10 Å². The average Bonchev–Trinajstić information content (AvgIpc) is 3.25. The Hall–Kier alpha value is -2.35. The monoisotopic (exact) mass is 331 g/mol. The molecule has 1 atom stereocenters. The van der Waals surface area contributed by atoms with Gasteiger partial charge in [0.1, 0.15) is 5.82 Å². The number of carbonyl (C=O) groups is 1. The lowest BCUT2D eigenvalue weighted by Gasteiger charge is -2.40. The number of likely N-dealkylation sites (N-methyl/N-ethyl adjacent to an activating group) is 1. The minimum Gasteiger partial charge on any atom is -0.337 e. The topological polar surface area (TPSA) is 71.2 Å². The van der Waals surface area contributed by atoms with Gasteiger partial charge in [0.15, 0.2) is 0 Å². The quantitative estimate of drug-likeness (QED) is 0.876. The lowest BCUT2D eigenvalue weighted by molar-refractivity contribution is 0.0878. The fourth-order valence-corrected chi connectivity index (χ4v) is 3.15. The van der Waals surface area contributed by atoms with Crippen LogP contribution in [-0.2, 0) is 13.6 Å². The maximum atomic E-state index is 12.5. The molecule has 0 spiro atoms. The number of imidazole rings is 1. The van der Waals surface area contributed by atoms with Gasteiger partial charge in [-0.25, -0.2) is 9.78 Å². The number of aryl methyl sites for hydroxylation is 1. The molecule has 1 aliphatic heterocycles. The van der Waals surface area contributed by atoms with Crippen molar-refractivity contribution in [3.63, 3.8) is 0 Å². The molecule has 8 nitrogen and oxygen atoms in total. The fourth-order valence-electron chi connectivity index (χ4n) is 3.15. The zero-order valence-corrected chi connectivity index (χ0v) is 14.3. The number of urea groups is 1. The summed E-state index contributed by atoms with van der Waals surface area (Å²) in [4.78, 5) is 21.2. The molecule has 3 rings (SSSR count). The summed E-state index contributed by atoms with van der Waals surface area (Å²) in [6.07, 6.45) is 7.39. The first kappa shape index (κ1) is 16.5. The lowest BCUT2D eigenvalue weighted by Crippen LogP contribution is -2.53. The van der Waals surface area contributed by atoms with E-state index in [-0.39, 0.29) is 12.1 Å². The molecule has 1 saturated heterocycles. The predicted molar refractivity (Wildman–Crippen MR) is 90.4 cm³/mol. The zero-order valence-electron chi connectivity index (χ0n) is 14.3. The van der Waals surface area contributed by atoms with E-state index in [9.17, 15) is 4.79 Å². The second kappa shape index (κ2) is 7.48. The molecule has 0 radical (unpaired) electrons. The Labute approximate surface area is 142 Å². The van der Waals surface area contributed by atoms with Gasteiger partial charge in [-0.3, -0.25) is 9.58 Å². The van der Waals surface area contributed by atoms with Crippen LogP contribution in [0.3, 0.4) is 0 Å². The zero-order chi connectivity index (χ0) is 16.9. The van der Waals surface area contributed by atoms with Crippen molar-refractivity contribution in [1.29, 1.82) is 0 Å². The van der Waals surface area contributed by atoms with Crippen molar-refractivity contribution in [3.05, 3.63) is 36.7 Å². The SMILES string of the molecule is CCN1CCN(C(=O)NCCn2cccn2)CC1c1nccn1C. The highest BCUT2D eigenvalue weighted by atomic mass is 16.2. The van der Waals surface area contributed by atoms with Crippen LogP contribution in [0.1, 0.15) is 18.8 Å². The van der Waals surface area contributed by atoms with Gasteiger partial charge in [-0.05, 0) is 12.6 Å². The second-order valence-corrected chi connectivity index (χ2v) is 5.99. The highest BCUT2D eigenvalue weighted by Crippen LogP contribution is 2.23. The summed E-state index contributed by atoms with van der Waals surface area (Å²) in [7, 11) is 2.00. The third kappa shape index (κ3) is 3.59. The molecular weight excluding hydrogens is 306 g/mol. The van der Waals surface area contributed by atoms with E-state index in [1.807, 2.05) is 45.9 Å². The molecule has 1 aliphatic rings. The summed E-state index contributed by atoms with van der Waals surface area (Å²) in [5.41, 5.74) is 0. The molecule has 1 fully saturated rings. The Morgan fingerprint density at radius 1 is 1.33 bits per heavy atom. The Balaban J connectivity index is 1.58. The number of hydrogen-bond acceptors (Lipinski definition) is 4. The van der Waals surface area contributed by atoms with Crippen LogP contribution < -0.4 is 5.32 Å². The Morgan fingerprint density at radius 3 is 2.88 bits per heavy atom. The Kier molecular flexibility index (Phi) is 5.14. The van der Waals surface area contributed by atoms with E-state index in [4.69, 9.17) is 0 Å². The van der Waals surface area contributed by atoms with Crippen LogP contribution in [0.2, 0.25) is 0 Å². The Bertz CT molecular complexity index is 651. The van der Waals surface area contributed by atoms with E-state index in [1.54, 1.807) is 6.20 Å². The second-order valence-electron chi connectivity index (χ2n) is 5.99. The van der Waals surface area contributed by atoms with Gasteiger partial charge in [-0.15, -0.1) is 0 Å². The van der Waals surface area contributed by atoms with Gasteiger partial charge in [-0.1, -0.05) is 6.92 Å². The van der Waals surface area contributed by atoms with Crippen LogP contribution in [0.25, 0.3) is 0 Å². The van der Waals surface area contributed by atoms with Crippen molar-refractivity contribution < 1.29 is 4.79 Å². The van der Waals surface area contributed by atoms with E-state index in [0.717, 1.165) is 25.5 Å². The molecule has 1 N–H and O–H groups in total. The molecule has 0 bridgehead atoms. The van der Waals surface area contributed by atoms with Crippen molar-refractivity contribution in [2.24, 2.45) is 7.05 Å². The van der Waals surface area contributed by atoms with Crippen molar-refractivity contribution >= 4 is 6.03 Å². The van der Waals surface area contributed by atoms with Crippen LogP contribution >= 0.6 is 0 Å². The number of aromatic nitrogens is 4. The number of nitrogens with zero attached hydrogens (tertiary/aromatic N) is 6. The third-order valence-electron chi connectivity index (χ3n) is 4.52. The normalized spacial score (nSPS) is 18.8. The number of rotatable bonds is 5. The number of piperazine rings is 1. The maximum absolute atomic E-state index is 12.5. The molecule has 2 aromatic rings. The van der Waals surface area contributed by atoms with E-state index < -0.39 is 0 Å². The smallest absolute Gasteiger partial charge is 0.317 e. The number of amides is 2. The van der Waals surface area contributed by atoms with E-state index >= 15 is 0 Å². The standard InChI is InChI=1S/C16H25N7O/c1-3-21-11-12-22(13-14(21)15-17-6-9-20(15)2)16(24)18-7-10-23-8-4-5-19-23/h4-6,8-9,14H,3,7,10-13H2,1-2H3,(H,18,24). The first-order chi connectivity index (χ1) is 11.7. The molecule has 0 aliphatic carbocycles. The molecule has 3 heterocycles. The Morgan fingerprint density at radius 2 is 2.21 bits per heavy atom. The molecule has 1 unspecified atom stereocenters. The summed E-state index contributed by atoms with van der Waals surface area (Å²) in [6.45, 7) is 6.61. The van der Waals surface area contributed by atoms with E-state index in [2.05, 4.69) is 27.2 Å². The minimum absolute atomic E-state index is 0.0166. The van der Waals surface area contributed by atoms with Gasteiger partial charge in [0.25, 0.3) is 0 Å². The highest BCUT2D eigenvalue weighted by molar-refractivity contribution is 5.74. The van der Waals surface area contributed by atoms with E-state index in [1.165, 1.54) is 0 Å². The van der Waals surface area contributed by atoms with Gasteiger partial charge in [0, 0.05) is 58.0 Å². The molecule has 0 aromatic carbocycles. The lowest BCUT2D eigenvalue weighted by atomic mass is 10.1. The molecule has 2 amide bonds.